The summed E-state index contributed by atoms with van der Waals surface area (Å²) in [4.78, 5) is 0. The van der Waals surface area contributed by atoms with E-state index in [2.05, 4.69) is 14.9 Å². The lowest BCUT2D eigenvalue weighted by Crippen LogP contribution is -2.41. The largest absolute Gasteiger partial charge is 0.279 e. The van der Waals surface area contributed by atoms with Crippen molar-refractivity contribution < 1.29 is 8.42 Å². The van der Waals surface area contributed by atoms with Crippen LogP contribution in [0.1, 0.15) is 19.4 Å². The van der Waals surface area contributed by atoms with E-state index in [9.17, 15) is 8.42 Å². The third-order valence-electron chi connectivity index (χ3n) is 3.33. The molecular weight excluding hydrogens is 288 g/mol. The smallest absolute Gasteiger partial charge is 0.278 e. The lowest BCUT2D eigenvalue weighted by molar-refractivity contribution is 0.402. The molecule has 1 aromatic carbocycles. The first kappa shape index (κ1) is 15.7. The van der Waals surface area contributed by atoms with Crippen LogP contribution in [0.4, 0.5) is 0 Å². The van der Waals surface area contributed by atoms with Crippen molar-refractivity contribution in [1.82, 2.24) is 19.2 Å². The van der Waals surface area contributed by atoms with E-state index in [1.165, 1.54) is 4.31 Å². The highest BCUT2D eigenvalue weighted by molar-refractivity contribution is 7.87. The highest BCUT2D eigenvalue weighted by Gasteiger charge is 2.20. The molecule has 0 unspecified atom stereocenters. The fourth-order valence-corrected chi connectivity index (χ4v) is 2.94. The Morgan fingerprint density at radius 1 is 1.29 bits per heavy atom. The first-order chi connectivity index (χ1) is 9.92. The van der Waals surface area contributed by atoms with E-state index in [0.29, 0.717) is 0 Å². The molecule has 2 rings (SSSR count). The number of rotatable bonds is 6. The lowest BCUT2D eigenvalue weighted by atomic mass is 10.1. The van der Waals surface area contributed by atoms with Crippen molar-refractivity contribution in [3.05, 3.63) is 42.1 Å². The van der Waals surface area contributed by atoms with Crippen molar-refractivity contribution in [2.75, 3.05) is 7.05 Å². The minimum Gasteiger partial charge on any atom is -0.278 e. The quantitative estimate of drug-likeness (QED) is 0.853. The molecule has 1 heterocycles. The second-order valence-corrected chi connectivity index (χ2v) is 6.89. The van der Waals surface area contributed by atoms with Gasteiger partial charge in [-0.3, -0.25) is 5.10 Å². The Hall–Kier alpha value is -1.70. The number of aromatic amines is 1. The molecular formula is C14H20N4O2S. The Labute approximate surface area is 125 Å². The Bertz CT molecular complexity index is 680. The summed E-state index contributed by atoms with van der Waals surface area (Å²) in [6, 6.07) is 9.59. The molecule has 2 N–H and O–H groups in total. The van der Waals surface area contributed by atoms with E-state index in [1.54, 1.807) is 13.2 Å². The van der Waals surface area contributed by atoms with Crippen LogP contribution in [-0.4, -0.2) is 36.0 Å². The minimum atomic E-state index is -3.49. The number of nitrogens with zero attached hydrogens (tertiary/aromatic N) is 2. The van der Waals surface area contributed by atoms with Gasteiger partial charge in [0.2, 0.25) is 0 Å². The summed E-state index contributed by atoms with van der Waals surface area (Å²) in [5, 5.41) is 6.92. The number of nitrogens with one attached hydrogen (secondary N) is 2. The normalized spacial score (nSPS) is 12.2. The van der Waals surface area contributed by atoms with Crippen molar-refractivity contribution in [3.63, 3.8) is 0 Å². The standard InChI is InChI=1S/C14H20N4O2S/c1-11(2)18(3)21(19,20)16-10-13-9-15-17-14(13)12-7-5-4-6-8-12/h4-9,11,16H,10H2,1-3H3,(H,15,17). The maximum Gasteiger partial charge on any atom is 0.279 e. The fourth-order valence-electron chi connectivity index (χ4n) is 1.85. The molecule has 0 bridgehead atoms. The van der Waals surface area contributed by atoms with Gasteiger partial charge in [-0.25, -0.2) is 0 Å². The monoisotopic (exact) mass is 308 g/mol. The summed E-state index contributed by atoms with van der Waals surface area (Å²) in [6.45, 7) is 3.85. The van der Waals surface area contributed by atoms with Crippen LogP contribution >= 0.6 is 0 Å². The van der Waals surface area contributed by atoms with Gasteiger partial charge in [-0.05, 0) is 19.4 Å². The highest BCUT2D eigenvalue weighted by Crippen LogP contribution is 2.20. The average Bonchev–Trinajstić information content (AvgIpc) is 2.93. The Morgan fingerprint density at radius 2 is 1.95 bits per heavy atom. The van der Waals surface area contributed by atoms with E-state index in [1.807, 2.05) is 44.2 Å². The SMILES string of the molecule is CC(C)N(C)S(=O)(=O)NCc1cn[nH]c1-c1ccccc1. The van der Waals surface area contributed by atoms with E-state index < -0.39 is 10.2 Å². The lowest BCUT2D eigenvalue weighted by Gasteiger charge is -2.21. The summed E-state index contributed by atoms with van der Waals surface area (Å²) in [6.07, 6.45) is 1.64. The van der Waals surface area contributed by atoms with Gasteiger partial charge in [0.15, 0.2) is 0 Å². The molecule has 0 saturated heterocycles. The van der Waals surface area contributed by atoms with Gasteiger partial charge in [-0.2, -0.15) is 22.5 Å². The molecule has 2 aromatic rings. The number of hydrogen-bond acceptors (Lipinski definition) is 3. The van der Waals surface area contributed by atoms with Crippen molar-refractivity contribution >= 4 is 10.2 Å². The fraction of sp³-hybridized carbons (Fsp3) is 0.357. The van der Waals surface area contributed by atoms with E-state index in [4.69, 9.17) is 0 Å². The molecule has 0 amide bonds. The van der Waals surface area contributed by atoms with Gasteiger partial charge in [0.05, 0.1) is 11.9 Å². The van der Waals surface area contributed by atoms with Crippen LogP contribution in [0.2, 0.25) is 0 Å². The molecule has 7 heteroatoms. The van der Waals surface area contributed by atoms with Gasteiger partial charge < -0.3 is 0 Å². The second-order valence-electron chi connectivity index (χ2n) is 5.07. The van der Waals surface area contributed by atoms with E-state index in [-0.39, 0.29) is 12.6 Å². The maximum absolute atomic E-state index is 12.1. The van der Waals surface area contributed by atoms with Crippen molar-refractivity contribution in [2.24, 2.45) is 0 Å². The summed E-state index contributed by atoms with van der Waals surface area (Å²) in [7, 11) is -1.94. The Morgan fingerprint density at radius 3 is 2.57 bits per heavy atom. The van der Waals surface area contributed by atoms with Gasteiger partial charge in [-0.1, -0.05) is 30.3 Å². The topological polar surface area (TPSA) is 78.1 Å². The zero-order valence-corrected chi connectivity index (χ0v) is 13.2. The van der Waals surface area contributed by atoms with Gasteiger partial charge in [0.1, 0.15) is 0 Å². The number of benzene rings is 1. The highest BCUT2D eigenvalue weighted by atomic mass is 32.2. The summed E-state index contributed by atoms with van der Waals surface area (Å²) in [5.74, 6) is 0. The van der Waals surface area contributed by atoms with Crippen molar-refractivity contribution in [3.8, 4) is 11.3 Å². The van der Waals surface area contributed by atoms with Gasteiger partial charge in [-0.15, -0.1) is 0 Å². The molecule has 0 aliphatic heterocycles. The first-order valence-corrected chi connectivity index (χ1v) is 8.16. The van der Waals surface area contributed by atoms with Gasteiger partial charge in [0.25, 0.3) is 10.2 Å². The third kappa shape index (κ3) is 3.69. The number of H-pyrrole nitrogens is 1. The van der Waals surface area contributed by atoms with Crippen LogP contribution in [0.5, 0.6) is 0 Å². The van der Waals surface area contributed by atoms with Crippen LogP contribution in [0, 0.1) is 0 Å². The second kappa shape index (κ2) is 6.38. The van der Waals surface area contributed by atoms with Crippen molar-refractivity contribution in [1.29, 1.82) is 0 Å². The van der Waals surface area contributed by atoms with Crippen molar-refractivity contribution in [2.45, 2.75) is 26.4 Å². The molecule has 0 atom stereocenters. The predicted molar refractivity (Wildman–Crippen MR) is 82.7 cm³/mol. The molecule has 0 spiro atoms. The maximum atomic E-state index is 12.1. The molecule has 0 radical (unpaired) electrons. The first-order valence-electron chi connectivity index (χ1n) is 6.72. The van der Waals surface area contributed by atoms with Crippen LogP contribution in [0.25, 0.3) is 11.3 Å². The van der Waals surface area contributed by atoms with Crippen LogP contribution in [0.15, 0.2) is 36.5 Å². The Kier molecular flexibility index (Phi) is 4.76. The molecule has 0 aliphatic carbocycles. The Balaban J connectivity index is 2.14. The predicted octanol–water partition coefficient (Wildman–Crippen LogP) is 1.75. The van der Waals surface area contributed by atoms with E-state index in [0.717, 1.165) is 16.8 Å². The zero-order chi connectivity index (χ0) is 15.5. The molecule has 0 aliphatic rings. The number of aromatic nitrogens is 2. The molecule has 114 valence electrons. The van der Waals surface area contributed by atoms with Crippen LogP contribution in [-0.2, 0) is 16.8 Å². The van der Waals surface area contributed by atoms with E-state index >= 15 is 0 Å². The molecule has 21 heavy (non-hydrogen) atoms. The number of hydrogen-bond donors (Lipinski definition) is 2. The average molecular weight is 308 g/mol. The van der Waals surface area contributed by atoms with Crippen LogP contribution < -0.4 is 4.72 Å². The van der Waals surface area contributed by atoms with Gasteiger partial charge in [0, 0.05) is 25.2 Å². The van der Waals surface area contributed by atoms with Gasteiger partial charge >= 0.3 is 0 Å². The minimum absolute atomic E-state index is 0.0968. The summed E-state index contributed by atoms with van der Waals surface area (Å²) < 4.78 is 28.1. The molecule has 6 nitrogen and oxygen atoms in total. The molecule has 1 aromatic heterocycles. The summed E-state index contributed by atoms with van der Waals surface area (Å²) in [5.41, 5.74) is 2.61. The van der Waals surface area contributed by atoms with Crippen LogP contribution in [0.3, 0.4) is 0 Å². The zero-order valence-electron chi connectivity index (χ0n) is 12.4. The molecule has 0 saturated carbocycles. The molecule has 0 fully saturated rings. The summed E-state index contributed by atoms with van der Waals surface area (Å²) >= 11 is 0. The third-order valence-corrected chi connectivity index (χ3v) is 5.02.